The van der Waals surface area contributed by atoms with Crippen LogP contribution in [0.3, 0.4) is 0 Å². The molecule has 7 unspecified atom stereocenters. The van der Waals surface area contributed by atoms with Crippen molar-refractivity contribution in [1.82, 2.24) is 25.2 Å². The van der Waals surface area contributed by atoms with E-state index in [4.69, 9.17) is 21.1 Å². The molecule has 49 heavy (non-hydrogen) atoms. The number of likely N-dealkylation sites (tertiary alicyclic amines) is 1. The number of methoxy groups -OCH3 is 1. The summed E-state index contributed by atoms with van der Waals surface area (Å²) >= 11 is 6.26. The summed E-state index contributed by atoms with van der Waals surface area (Å²) in [5, 5.41) is 10.3. The zero-order chi connectivity index (χ0) is 34.8. The summed E-state index contributed by atoms with van der Waals surface area (Å²) in [6, 6.07) is 6.50. The van der Waals surface area contributed by atoms with Crippen LogP contribution in [0.2, 0.25) is 5.02 Å². The highest BCUT2D eigenvalue weighted by molar-refractivity contribution is 7.89. The first-order chi connectivity index (χ1) is 23.4. The van der Waals surface area contributed by atoms with Crippen LogP contribution < -0.4 is 16.0 Å². The van der Waals surface area contributed by atoms with Crippen LogP contribution in [0.15, 0.2) is 24.3 Å². The Hall–Kier alpha value is -2.61. The number of benzene rings is 1. The van der Waals surface area contributed by atoms with Crippen LogP contribution in [0.25, 0.3) is 0 Å². The minimum atomic E-state index is -3.27. The summed E-state index contributed by atoms with van der Waals surface area (Å²) in [5.74, 6) is -0.290. The number of alkyl carbamates (subject to hydrolysis) is 1. The van der Waals surface area contributed by atoms with Gasteiger partial charge in [-0.05, 0) is 101 Å². The predicted molar refractivity (Wildman–Crippen MR) is 186 cm³/mol. The van der Waals surface area contributed by atoms with Gasteiger partial charge in [-0.25, -0.2) is 18.0 Å². The fourth-order valence-electron chi connectivity index (χ4n) is 8.42. The molecule has 0 spiro atoms. The van der Waals surface area contributed by atoms with Crippen molar-refractivity contribution in [2.75, 3.05) is 39.0 Å². The number of carbonyl (C=O) groups is 3. The second-order valence-corrected chi connectivity index (χ2v) is 17.5. The van der Waals surface area contributed by atoms with Crippen LogP contribution in [0.5, 0.6) is 0 Å². The van der Waals surface area contributed by atoms with Gasteiger partial charge in [-0.15, -0.1) is 0 Å². The van der Waals surface area contributed by atoms with Crippen molar-refractivity contribution in [3.05, 3.63) is 34.9 Å². The molecule has 0 radical (unpaired) electrons. The minimum Gasteiger partial charge on any atom is -0.453 e. The fraction of sp³-hybridized carbons (Fsp3) is 0.743. The molecule has 7 atom stereocenters. The van der Waals surface area contributed by atoms with E-state index in [2.05, 4.69) is 16.0 Å². The van der Waals surface area contributed by atoms with Gasteiger partial charge in [-0.1, -0.05) is 30.2 Å². The third-order valence-electron chi connectivity index (χ3n) is 11.6. The first kappa shape index (κ1) is 36.2. The summed E-state index contributed by atoms with van der Waals surface area (Å²) in [6.07, 6.45) is 7.86. The largest absolute Gasteiger partial charge is 0.453 e. The first-order valence-electron chi connectivity index (χ1n) is 18.1. The summed E-state index contributed by atoms with van der Waals surface area (Å²) in [5.41, 5.74) is 0.518. The summed E-state index contributed by atoms with van der Waals surface area (Å²) in [7, 11) is -1.99. The highest BCUT2D eigenvalue weighted by Crippen LogP contribution is 2.41. The molecular formula is C35H52ClN5O7S. The van der Waals surface area contributed by atoms with E-state index in [0.29, 0.717) is 50.5 Å². The van der Waals surface area contributed by atoms with Gasteiger partial charge in [0.15, 0.2) is 0 Å². The van der Waals surface area contributed by atoms with Crippen molar-refractivity contribution >= 4 is 39.7 Å². The lowest BCUT2D eigenvalue weighted by Gasteiger charge is -2.39. The van der Waals surface area contributed by atoms with Crippen molar-refractivity contribution in [2.24, 2.45) is 11.8 Å². The average Bonchev–Trinajstić information content (AvgIpc) is 3.68. The predicted octanol–water partition coefficient (Wildman–Crippen LogP) is 4.38. The summed E-state index contributed by atoms with van der Waals surface area (Å²) < 4.78 is 38.5. The molecule has 0 aromatic heterocycles. The Morgan fingerprint density at radius 3 is 2.47 bits per heavy atom. The molecule has 1 aromatic carbocycles. The number of sulfonamides is 1. The van der Waals surface area contributed by atoms with Crippen molar-refractivity contribution < 1.29 is 32.3 Å². The SMILES string of the molecule is COC(=O)NC(C(=O)NC1CCCC1CCC1CNC2CCCS(=O)(=O)N1C2)C(c1ccc(Cl)cc1)C1CCN(C(=O)OC2(C)CC2)CC1. The normalized spacial score (nSPS) is 30.3. The van der Waals surface area contributed by atoms with Crippen LogP contribution in [0, 0.1) is 11.8 Å². The van der Waals surface area contributed by atoms with E-state index < -0.39 is 28.1 Å². The lowest BCUT2D eigenvalue weighted by atomic mass is 9.75. The maximum Gasteiger partial charge on any atom is 0.410 e. The Labute approximate surface area is 295 Å². The molecule has 2 aliphatic carbocycles. The maximum absolute atomic E-state index is 14.3. The van der Waals surface area contributed by atoms with Crippen LogP contribution >= 0.6 is 11.6 Å². The number of amides is 3. The molecule has 3 heterocycles. The third kappa shape index (κ3) is 8.83. The zero-order valence-electron chi connectivity index (χ0n) is 28.7. The molecule has 3 saturated heterocycles. The van der Waals surface area contributed by atoms with E-state index in [-0.39, 0.29) is 53.3 Å². The lowest BCUT2D eigenvalue weighted by Crippen LogP contribution is -2.57. The van der Waals surface area contributed by atoms with Gasteiger partial charge in [-0.3, -0.25) is 4.79 Å². The third-order valence-corrected chi connectivity index (χ3v) is 13.8. The second kappa shape index (κ2) is 15.3. The Morgan fingerprint density at radius 1 is 1.04 bits per heavy atom. The van der Waals surface area contributed by atoms with Gasteiger partial charge in [0.1, 0.15) is 11.6 Å². The number of fused-ring (bicyclic) bond motifs is 2. The quantitative estimate of drug-likeness (QED) is 0.323. The summed E-state index contributed by atoms with van der Waals surface area (Å²) in [6.45, 7) is 4.11. The van der Waals surface area contributed by atoms with Crippen LogP contribution in [-0.4, -0.2) is 105 Å². The number of hydrogen-bond acceptors (Lipinski definition) is 8. The summed E-state index contributed by atoms with van der Waals surface area (Å²) in [4.78, 5) is 41.7. The van der Waals surface area contributed by atoms with Gasteiger partial charge in [0.05, 0.1) is 12.9 Å². The highest BCUT2D eigenvalue weighted by atomic mass is 35.5. The molecule has 272 valence electrons. The van der Waals surface area contributed by atoms with E-state index in [0.717, 1.165) is 56.9 Å². The molecule has 3 amide bonds. The molecule has 2 saturated carbocycles. The number of ether oxygens (including phenoxy) is 2. The minimum absolute atomic E-state index is 0.0211. The molecule has 6 rings (SSSR count). The molecule has 12 nitrogen and oxygen atoms in total. The molecule has 5 fully saturated rings. The molecule has 1 aromatic rings. The number of piperazine rings is 1. The molecule has 3 N–H and O–H groups in total. The molecule has 5 aliphatic rings. The number of piperidine rings is 1. The van der Waals surface area contributed by atoms with Crippen molar-refractivity contribution in [1.29, 1.82) is 0 Å². The van der Waals surface area contributed by atoms with Crippen molar-refractivity contribution in [2.45, 2.75) is 113 Å². The van der Waals surface area contributed by atoms with E-state index in [1.165, 1.54) is 7.11 Å². The standard InChI is InChI=1S/C35H52ClN5O7S/c1-35(16-17-35)48-34(44)40-18-14-25(15-19-40)30(24-8-11-26(36)12-9-24)31(39-33(43)47-2)32(42)38-29-7-3-5-23(29)10-13-28-21-37-27-6-4-20-49(45,46)41(28)22-27/h8-9,11-12,23,25,27-31,37H,3-7,10,13-22H2,1-2H3,(H,38,42)(H,39,43). The molecule has 3 aliphatic heterocycles. The Morgan fingerprint density at radius 2 is 1.78 bits per heavy atom. The van der Waals surface area contributed by atoms with Gasteiger partial charge in [-0.2, -0.15) is 4.31 Å². The Bertz CT molecular complexity index is 1450. The maximum atomic E-state index is 14.3. The first-order valence-corrected chi connectivity index (χ1v) is 20.0. The monoisotopic (exact) mass is 721 g/mol. The van der Waals surface area contributed by atoms with Crippen LogP contribution in [0.4, 0.5) is 9.59 Å². The van der Waals surface area contributed by atoms with Gasteiger partial charge < -0.3 is 30.3 Å². The van der Waals surface area contributed by atoms with E-state index in [1.54, 1.807) is 21.3 Å². The van der Waals surface area contributed by atoms with Gasteiger partial charge in [0, 0.05) is 55.2 Å². The van der Waals surface area contributed by atoms with Crippen LogP contribution in [-0.2, 0) is 24.3 Å². The Kier molecular flexibility index (Phi) is 11.3. The number of carbonyl (C=O) groups excluding carboxylic acids is 3. The number of nitrogens with zero attached hydrogens (tertiary/aromatic N) is 2. The van der Waals surface area contributed by atoms with E-state index in [9.17, 15) is 22.8 Å². The van der Waals surface area contributed by atoms with Gasteiger partial charge in [0.25, 0.3) is 0 Å². The average molecular weight is 722 g/mol. The van der Waals surface area contributed by atoms with Crippen molar-refractivity contribution in [3.63, 3.8) is 0 Å². The fourth-order valence-corrected chi connectivity index (χ4v) is 10.4. The second-order valence-electron chi connectivity index (χ2n) is 15.0. The molecule has 14 heteroatoms. The Balaban J connectivity index is 1.15. The highest BCUT2D eigenvalue weighted by Gasteiger charge is 2.45. The van der Waals surface area contributed by atoms with Crippen LogP contribution in [0.1, 0.15) is 89.0 Å². The zero-order valence-corrected chi connectivity index (χ0v) is 30.3. The molecular weight excluding hydrogens is 670 g/mol. The molecule has 2 bridgehead atoms. The smallest absolute Gasteiger partial charge is 0.410 e. The topological polar surface area (TPSA) is 146 Å². The van der Waals surface area contributed by atoms with E-state index in [1.807, 2.05) is 19.1 Å². The number of halogens is 1. The van der Waals surface area contributed by atoms with Gasteiger partial charge >= 0.3 is 12.2 Å². The number of hydrogen-bond donors (Lipinski definition) is 3. The lowest BCUT2D eigenvalue weighted by molar-refractivity contribution is -0.125. The van der Waals surface area contributed by atoms with Crippen molar-refractivity contribution in [3.8, 4) is 0 Å². The van der Waals surface area contributed by atoms with Gasteiger partial charge in [0.2, 0.25) is 15.9 Å². The number of nitrogens with one attached hydrogen (secondary N) is 3. The van der Waals surface area contributed by atoms with E-state index >= 15 is 0 Å². The number of rotatable bonds is 10.